The van der Waals surface area contributed by atoms with Crippen LogP contribution in [-0.4, -0.2) is 44.2 Å². The third-order valence-corrected chi connectivity index (χ3v) is 4.62. The molecule has 1 saturated heterocycles. The Balaban J connectivity index is 1.69. The van der Waals surface area contributed by atoms with Crippen molar-refractivity contribution in [1.29, 1.82) is 0 Å². The summed E-state index contributed by atoms with van der Waals surface area (Å²) < 4.78 is 11.1. The van der Waals surface area contributed by atoms with Crippen molar-refractivity contribution in [3.63, 3.8) is 0 Å². The van der Waals surface area contributed by atoms with Crippen molar-refractivity contribution in [2.45, 2.75) is 45.1 Å². The minimum absolute atomic E-state index is 0.00320. The SMILES string of the molecule is CC(C)(C)c1ccc2c(c1)OCC(=O)N2CC(=O)NC[C@@H]1CCCO1. The van der Waals surface area contributed by atoms with Crippen LogP contribution in [-0.2, 0) is 19.7 Å². The fraction of sp³-hybridized carbons (Fsp3) is 0.579. The maximum Gasteiger partial charge on any atom is 0.265 e. The Morgan fingerprint density at radius 3 is 2.84 bits per heavy atom. The Morgan fingerprint density at radius 2 is 2.16 bits per heavy atom. The van der Waals surface area contributed by atoms with Crippen molar-refractivity contribution in [3.8, 4) is 5.75 Å². The van der Waals surface area contributed by atoms with Gasteiger partial charge in [0, 0.05) is 13.2 Å². The Bertz CT molecular complexity index is 660. The van der Waals surface area contributed by atoms with Gasteiger partial charge in [0.1, 0.15) is 12.3 Å². The highest BCUT2D eigenvalue weighted by molar-refractivity contribution is 6.02. The highest BCUT2D eigenvalue weighted by Crippen LogP contribution is 2.36. The lowest BCUT2D eigenvalue weighted by Crippen LogP contribution is -2.46. The van der Waals surface area contributed by atoms with Gasteiger partial charge in [-0.25, -0.2) is 0 Å². The van der Waals surface area contributed by atoms with Crippen LogP contribution in [0.5, 0.6) is 5.75 Å². The molecule has 2 aliphatic rings. The van der Waals surface area contributed by atoms with Crippen molar-refractivity contribution in [1.82, 2.24) is 5.32 Å². The van der Waals surface area contributed by atoms with E-state index in [0.29, 0.717) is 18.0 Å². The first-order valence-corrected chi connectivity index (χ1v) is 8.80. The molecule has 0 aliphatic carbocycles. The molecular formula is C19H26N2O4. The van der Waals surface area contributed by atoms with Gasteiger partial charge in [-0.3, -0.25) is 14.5 Å². The molecule has 0 aromatic heterocycles. The molecule has 6 heteroatoms. The number of nitrogens with zero attached hydrogens (tertiary/aromatic N) is 1. The molecule has 1 aromatic carbocycles. The number of hydrogen-bond donors (Lipinski definition) is 1. The summed E-state index contributed by atoms with van der Waals surface area (Å²) in [5, 5.41) is 2.86. The molecule has 6 nitrogen and oxygen atoms in total. The average molecular weight is 346 g/mol. The first kappa shape index (κ1) is 17.7. The van der Waals surface area contributed by atoms with Crippen LogP contribution in [0.3, 0.4) is 0 Å². The number of carbonyl (C=O) groups is 2. The van der Waals surface area contributed by atoms with E-state index in [1.165, 1.54) is 4.90 Å². The molecule has 0 spiro atoms. The number of ether oxygens (including phenoxy) is 2. The van der Waals surface area contributed by atoms with Crippen molar-refractivity contribution >= 4 is 17.5 Å². The topological polar surface area (TPSA) is 67.9 Å². The van der Waals surface area contributed by atoms with Gasteiger partial charge in [0.15, 0.2) is 6.61 Å². The van der Waals surface area contributed by atoms with E-state index < -0.39 is 0 Å². The molecule has 0 bridgehead atoms. The Kier molecular flexibility index (Phi) is 4.99. The summed E-state index contributed by atoms with van der Waals surface area (Å²) in [4.78, 5) is 26.0. The maximum absolute atomic E-state index is 12.2. The molecule has 0 saturated carbocycles. The van der Waals surface area contributed by atoms with Crippen LogP contribution in [0.1, 0.15) is 39.2 Å². The second-order valence-corrected chi connectivity index (χ2v) is 7.64. The molecule has 0 radical (unpaired) electrons. The number of rotatable bonds is 4. The lowest BCUT2D eigenvalue weighted by molar-refractivity contribution is -0.125. The van der Waals surface area contributed by atoms with Crippen LogP contribution in [0.25, 0.3) is 0 Å². The van der Waals surface area contributed by atoms with Crippen LogP contribution < -0.4 is 15.0 Å². The first-order chi connectivity index (χ1) is 11.8. The summed E-state index contributed by atoms with van der Waals surface area (Å²) in [6.45, 7) is 7.58. The van der Waals surface area contributed by atoms with Crippen LogP contribution in [0.4, 0.5) is 5.69 Å². The van der Waals surface area contributed by atoms with Crippen LogP contribution in [0.15, 0.2) is 18.2 Å². The Morgan fingerprint density at radius 1 is 1.36 bits per heavy atom. The molecule has 2 heterocycles. The van der Waals surface area contributed by atoms with E-state index in [9.17, 15) is 9.59 Å². The highest BCUT2D eigenvalue weighted by atomic mass is 16.5. The summed E-state index contributed by atoms with van der Waals surface area (Å²) in [5.74, 6) is 0.263. The standard InChI is InChI=1S/C19H26N2O4/c1-19(2,3)13-6-7-15-16(9-13)25-12-18(23)21(15)11-17(22)20-10-14-5-4-8-24-14/h6-7,9,14H,4-5,8,10-12H2,1-3H3,(H,20,22)/t14-/m0/s1. The van der Waals surface area contributed by atoms with E-state index in [0.717, 1.165) is 25.0 Å². The third kappa shape index (κ3) is 4.12. The van der Waals surface area contributed by atoms with Crippen LogP contribution in [0, 0.1) is 0 Å². The van der Waals surface area contributed by atoms with Gasteiger partial charge in [0.2, 0.25) is 5.91 Å². The molecule has 136 valence electrons. The lowest BCUT2D eigenvalue weighted by atomic mass is 9.86. The van der Waals surface area contributed by atoms with Gasteiger partial charge >= 0.3 is 0 Å². The largest absolute Gasteiger partial charge is 0.482 e. The molecule has 1 aromatic rings. The van der Waals surface area contributed by atoms with Crippen molar-refractivity contribution < 1.29 is 19.1 Å². The van der Waals surface area contributed by atoms with E-state index in [-0.39, 0.29) is 36.5 Å². The van der Waals surface area contributed by atoms with Crippen molar-refractivity contribution in [2.24, 2.45) is 0 Å². The van der Waals surface area contributed by atoms with Crippen molar-refractivity contribution in [2.75, 3.05) is 31.2 Å². The van der Waals surface area contributed by atoms with Crippen molar-refractivity contribution in [3.05, 3.63) is 23.8 Å². The second-order valence-electron chi connectivity index (χ2n) is 7.64. The van der Waals surface area contributed by atoms with E-state index in [1.807, 2.05) is 18.2 Å². The summed E-state index contributed by atoms with van der Waals surface area (Å²) in [6, 6.07) is 5.80. The molecule has 0 unspecified atom stereocenters. The van der Waals surface area contributed by atoms with Gasteiger partial charge in [-0.2, -0.15) is 0 Å². The average Bonchev–Trinajstić information content (AvgIpc) is 3.08. The van der Waals surface area contributed by atoms with Crippen LogP contribution in [0.2, 0.25) is 0 Å². The third-order valence-electron chi connectivity index (χ3n) is 4.62. The van der Waals surface area contributed by atoms with Crippen LogP contribution >= 0.6 is 0 Å². The fourth-order valence-corrected chi connectivity index (χ4v) is 3.08. The maximum atomic E-state index is 12.2. The smallest absolute Gasteiger partial charge is 0.265 e. The molecule has 2 aliphatic heterocycles. The van der Waals surface area contributed by atoms with E-state index >= 15 is 0 Å². The quantitative estimate of drug-likeness (QED) is 0.905. The fourth-order valence-electron chi connectivity index (χ4n) is 3.08. The number of anilines is 1. The molecule has 2 amide bonds. The second kappa shape index (κ2) is 7.04. The zero-order valence-electron chi connectivity index (χ0n) is 15.1. The van der Waals surface area contributed by atoms with Gasteiger partial charge in [0.05, 0.1) is 11.8 Å². The number of benzene rings is 1. The van der Waals surface area contributed by atoms with E-state index in [1.54, 1.807) is 0 Å². The Labute approximate surface area is 148 Å². The zero-order valence-corrected chi connectivity index (χ0v) is 15.1. The minimum Gasteiger partial charge on any atom is -0.482 e. The van der Waals surface area contributed by atoms with Gasteiger partial charge in [-0.15, -0.1) is 0 Å². The summed E-state index contributed by atoms with van der Waals surface area (Å²) in [5.41, 5.74) is 1.77. The number of nitrogens with one attached hydrogen (secondary N) is 1. The van der Waals surface area contributed by atoms with E-state index in [2.05, 4.69) is 26.1 Å². The van der Waals surface area contributed by atoms with Gasteiger partial charge in [0.25, 0.3) is 5.91 Å². The molecule has 3 rings (SSSR count). The number of hydrogen-bond acceptors (Lipinski definition) is 4. The summed E-state index contributed by atoms with van der Waals surface area (Å²) in [6.07, 6.45) is 2.09. The monoisotopic (exact) mass is 346 g/mol. The first-order valence-electron chi connectivity index (χ1n) is 8.80. The summed E-state index contributed by atoms with van der Waals surface area (Å²) >= 11 is 0. The van der Waals surface area contributed by atoms with Gasteiger partial charge in [-0.05, 0) is 36.0 Å². The van der Waals surface area contributed by atoms with E-state index in [4.69, 9.17) is 9.47 Å². The number of carbonyl (C=O) groups excluding carboxylic acids is 2. The zero-order chi connectivity index (χ0) is 18.0. The van der Waals surface area contributed by atoms with Gasteiger partial charge in [-0.1, -0.05) is 26.8 Å². The number of amides is 2. The molecule has 1 fully saturated rings. The molecular weight excluding hydrogens is 320 g/mol. The highest BCUT2D eigenvalue weighted by Gasteiger charge is 2.29. The molecule has 25 heavy (non-hydrogen) atoms. The molecule has 1 atom stereocenters. The number of fused-ring (bicyclic) bond motifs is 1. The normalized spacial score (nSPS) is 20.2. The predicted molar refractivity (Wildman–Crippen MR) is 95.0 cm³/mol. The predicted octanol–water partition coefficient (Wildman–Crippen LogP) is 2.00. The Hall–Kier alpha value is -2.08. The lowest BCUT2D eigenvalue weighted by Gasteiger charge is -2.30. The molecule has 1 N–H and O–H groups in total. The minimum atomic E-state index is -0.205. The van der Waals surface area contributed by atoms with Gasteiger partial charge < -0.3 is 14.8 Å². The summed E-state index contributed by atoms with van der Waals surface area (Å²) in [7, 11) is 0.